The van der Waals surface area contributed by atoms with E-state index in [1.165, 1.54) is 5.69 Å². The quantitative estimate of drug-likeness (QED) is 0.848. The second-order valence-electron chi connectivity index (χ2n) is 6.62. The molecule has 0 aromatic heterocycles. The molecule has 2 atom stereocenters. The summed E-state index contributed by atoms with van der Waals surface area (Å²) in [7, 11) is 0. The molecule has 0 spiro atoms. The van der Waals surface area contributed by atoms with E-state index in [0.29, 0.717) is 11.8 Å². The van der Waals surface area contributed by atoms with Crippen molar-refractivity contribution in [3.05, 3.63) is 65.2 Å². The Morgan fingerprint density at radius 1 is 0.917 bits per heavy atom. The number of benzene rings is 2. The van der Waals surface area contributed by atoms with Gasteiger partial charge < -0.3 is 9.80 Å². The lowest BCUT2D eigenvalue weighted by atomic mass is 10.1. The van der Waals surface area contributed by atoms with Crippen molar-refractivity contribution in [1.82, 2.24) is 4.90 Å². The number of amides is 1. The van der Waals surface area contributed by atoms with Crippen LogP contribution in [-0.4, -0.2) is 37.0 Å². The first kappa shape index (κ1) is 15.5. The third-order valence-corrected chi connectivity index (χ3v) is 5.47. The first-order chi connectivity index (χ1) is 11.7. The predicted octanol–water partition coefficient (Wildman–Crippen LogP) is 3.79. The fourth-order valence-electron chi connectivity index (χ4n) is 3.65. The Morgan fingerprint density at radius 3 is 2.29 bits per heavy atom. The number of nitrogens with zero attached hydrogens (tertiary/aromatic N) is 2. The monoisotopic (exact) mass is 340 g/mol. The fourth-order valence-corrected chi connectivity index (χ4v) is 3.92. The van der Waals surface area contributed by atoms with Gasteiger partial charge in [-0.05, 0) is 36.1 Å². The molecule has 1 amide bonds. The third-order valence-electron chi connectivity index (χ3n) is 5.13. The summed E-state index contributed by atoms with van der Waals surface area (Å²) in [6.07, 6.45) is 0.932. The maximum Gasteiger partial charge on any atom is 0.226 e. The zero-order valence-electron chi connectivity index (χ0n) is 13.6. The molecule has 4 rings (SSSR count). The standard InChI is InChI=1S/C20H21ClN2O/c21-19-9-5-4-8-16(19)17-14-18(17)20(24)23-12-10-22(11-13-23)15-6-2-1-3-7-15/h1-9,17-18H,10-14H2. The Hall–Kier alpha value is -2.00. The van der Waals surface area contributed by atoms with Crippen molar-refractivity contribution in [1.29, 1.82) is 0 Å². The average molecular weight is 341 g/mol. The minimum atomic E-state index is 0.119. The molecular formula is C20H21ClN2O. The number of halogens is 1. The van der Waals surface area contributed by atoms with E-state index >= 15 is 0 Å². The maximum absolute atomic E-state index is 12.8. The molecule has 1 aliphatic heterocycles. The Balaban J connectivity index is 1.35. The number of piperazine rings is 1. The molecule has 1 saturated carbocycles. The Kier molecular flexibility index (Phi) is 4.19. The molecule has 2 aliphatic rings. The summed E-state index contributed by atoms with van der Waals surface area (Å²) in [5.41, 5.74) is 2.37. The van der Waals surface area contributed by atoms with E-state index in [1.54, 1.807) is 0 Å². The van der Waals surface area contributed by atoms with Crippen LogP contribution in [0.5, 0.6) is 0 Å². The van der Waals surface area contributed by atoms with E-state index in [9.17, 15) is 4.79 Å². The van der Waals surface area contributed by atoms with Gasteiger partial charge in [0.1, 0.15) is 0 Å². The zero-order chi connectivity index (χ0) is 16.5. The molecule has 4 heteroatoms. The van der Waals surface area contributed by atoms with Gasteiger partial charge in [0.15, 0.2) is 0 Å². The highest BCUT2D eigenvalue weighted by molar-refractivity contribution is 6.31. The molecule has 2 unspecified atom stereocenters. The number of rotatable bonds is 3. The number of para-hydroxylation sites is 1. The van der Waals surface area contributed by atoms with Crippen LogP contribution in [0.1, 0.15) is 17.9 Å². The number of hydrogen-bond donors (Lipinski definition) is 0. The lowest BCUT2D eigenvalue weighted by molar-refractivity contribution is -0.132. The van der Waals surface area contributed by atoms with E-state index in [4.69, 9.17) is 11.6 Å². The van der Waals surface area contributed by atoms with Gasteiger partial charge in [-0.1, -0.05) is 48.0 Å². The topological polar surface area (TPSA) is 23.6 Å². The highest BCUT2D eigenvalue weighted by Crippen LogP contribution is 2.50. The maximum atomic E-state index is 12.8. The molecule has 3 nitrogen and oxygen atoms in total. The van der Waals surface area contributed by atoms with E-state index in [-0.39, 0.29) is 5.92 Å². The number of carbonyl (C=O) groups excluding carboxylic acids is 1. The molecule has 1 heterocycles. The van der Waals surface area contributed by atoms with Gasteiger partial charge in [-0.2, -0.15) is 0 Å². The van der Waals surface area contributed by atoms with Crippen LogP contribution in [0.15, 0.2) is 54.6 Å². The van der Waals surface area contributed by atoms with Crippen LogP contribution >= 0.6 is 11.6 Å². The van der Waals surface area contributed by atoms with Crippen molar-refractivity contribution in [2.75, 3.05) is 31.1 Å². The van der Waals surface area contributed by atoms with Crippen LogP contribution in [0.25, 0.3) is 0 Å². The highest BCUT2D eigenvalue weighted by Gasteiger charge is 2.46. The third kappa shape index (κ3) is 3.01. The summed E-state index contributed by atoms with van der Waals surface area (Å²) in [5, 5.41) is 0.784. The molecule has 0 N–H and O–H groups in total. The SMILES string of the molecule is O=C(C1CC1c1ccccc1Cl)N1CCN(c2ccccc2)CC1. The van der Waals surface area contributed by atoms with Gasteiger partial charge in [-0.15, -0.1) is 0 Å². The van der Waals surface area contributed by atoms with Crippen molar-refractivity contribution < 1.29 is 4.79 Å². The van der Waals surface area contributed by atoms with Crippen LogP contribution < -0.4 is 4.90 Å². The first-order valence-electron chi connectivity index (χ1n) is 8.57. The first-order valence-corrected chi connectivity index (χ1v) is 8.95. The molecule has 124 valence electrons. The van der Waals surface area contributed by atoms with Crippen molar-refractivity contribution in [2.24, 2.45) is 5.92 Å². The van der Waals surface area contributed by atoms with Crippen LogP contribution in [0.2, 0.25) is 5.02 Å². The van der Waals surface area contributed by atoms with Crippen molar-refractivity contribution in [3.63, 3.8) is 0 Å². The fraction of sp³-hybridized carbons (Fsp3) is 0.350. The lowest BCUT2D eigenvalue weighted by Crippen LogP contribution is -2.49. The Morgan fingerprint density at radius 2 is 1.58 bits per heavy atom. The van der Waals surface area contributed by atoms with Gasteiger partial charge in [0, 0.05) is 42.8 Å². The van der Waals surface area contributed by atoms with Crippen LogP contribution in [0.4, 0.5) is 5.69 Å². The van der Waals surface area contributed by atoms with Gasteiger partial charge in [0.2, 0.25) is 5.91 Å². The molecule has 24 heavy (non-hydrogen) atoms. The molecule has 0 radical (unpaired) electrons. The summed E-state index contributed by atoms with van der Waals surface area (Å²) in [6, 6.07) is 18.3. The summed E-state index contributed by atoms with van der Waals surface area (Å²) in [5.74, 6) is 0.721. The highest BCUT2D eigenvalue weighted by atomic mass is 35.5. The van der Waals surface area contributed by atoms with Gasteiger partial charge in [-0.3, -0.25) is 4.79 Å². The van der Waals surface area contributed by atoms with Crippen LogP contribution in [0, 0.1) is 5.92 Å². The molecule has 2 aromatic rings. The second-order valence-corrected chi connectivity index (χ2v) is 7.03. The number of anilines is 1. The normalized spacial score (nSPS) is 23.2. The molecular weight excluding hydrogens is 320 g/mol. The largest absolute Gasteiger partial charge is 0.368 e. The van der Waals surface area contributed by atoms with Gasteiger partial charge in [0.25, 0.3) is 0 Å². The summed E-state index contributed by atoms with van der Waals surface area (Å²) < 4.78 is 0. The molecule has 1 saturated heterocycles. The summed E-state index contributed by atoms with van der Waals surface area (Å²) in [4.78, 5) is 17.1. The van der Waals surface area contributed by atoms with E-state index < -0.39 is 0 Å². The van der Waals surface area contributed by atoms with E-state index in [0.717, 1.165) is 43.2 Å². The number of carbonyl (C=O) groups is 1. The van der Waals surface area contributed by atoms with Crippen molar-refractivity contribution in [2.45, 2.75) is 12.3 Å². The molecule has 0 bridgehead atoms. The second kappa shape index (κ2) is 6.48. The molecule has 1 aliphatic carbocycles. The predicted molar refractivity (Wildman–Crippen MR) is 97.5 cm³/mol. The minimum Gasteiger partial charge on any atom is -0.368 e. The lowest BCUT2D eigenvalue weighted by Gasteiger charge is -2.36. The van der Waals surface area contributed by atoms with Gasteiger partial charge in [-0.25, -0.2) is 0 Å². The van der Waals surface area contributed by atoms with Gasteiger partial charge in [0.05, 0.1) is 0 Å². The van der Waals surface area contributed by atoms with Gasteiger partial charge >= 0.3 is 0 Å². The smallest absolute Gasteiger partial charge is 0.226 e. The van der Waals surface area contributed by atoms with Crippen LogP contribution in [-0.2, 0) is 4.79 Å². The minimum absolute atomic E-state index is 0.119. The van der Waals surface area contributed by atoms with Crippen molar-refractivity contribution in [3.8, 4) is 0 Å². The van der Waals surface area contributed by atoms with Crippen LogP contribution in [0.3, 0.4) is 0 Å². The summed E-state index contributed by atoms with van der Waals surface area (Å²) in [6.45, 7) is 3.41. The Labute approximate surface area is 147 Å². The van der Waals surface area contributed by atoms with Crippen molar-refractivity contribution >= 4 is 23.2 Å². The zero-order valence-corrected chi connectivity index (χ0v) is 14.3. The van der Waals surface area contributed by atoms with E-state index in [1.807, 2.05) is 35.2 Å². The molecule has 2 fully saturated rings. The summed E-state index contributed by atoms with van der Waals surface area (Å²) >= 11 is 6.27. The average Bonchev–Trinajstić information content (AvgIpc) is 3.43. The van der Waals surface area contributed by atoms with E-state index in [2.05, 4.69) is 29.2 Å². The number of hydrogen-bond acceptors (Lipinski definition) is 2. The molecule has 2 aromatic carbocycles. The Bertz CT molecular complexity index is 725.